The van der Waals surface area contributed by atoms with E-state index in [4.69, 9.17) is 24.4 Å². The molecular weight excluding hydrogens is 286 g/mol. The maximum atomic E-state index is 5.61. The highest BCUT2D eigenvalue weighted by Gasteiger charge is 2.48. The number of thiocarbonyl (C=S) groups is 2. The molecule has 0 atom stereocenters. The Bertz CT molecular complexity index is 709. The van der Waals surface area contributed by atoms with Crippen LogP contribution in [0.4, 0.5) is 0 Å². The van der Waals surface area contributed by atoms with Crippen LogP contribution in [-0.2, 0) is 5.54 Å². The van der Waals surface area contributed by atoms with Gasteiger partial charge in [0.25, 0.3) is 0 Å². The predicted molar refractivity (Wildman–Crippen MR) is 87.3 cm³/mol. The molecule has 2 aliphatic rings. The molecule has 5 heteroatoms. The van der Waals surface area contributed by atoms with Crippen molar-refractivity contribution >= 4 is 34.5 Å². The summed E-state index contributed by atoms with van der Waals surface area (Å²) in [7, 11) is 0. The second-order valence-corrected chi connectivity index (χ2v) is 5.69. The van der Waals surface area contributed by atoms with E-state index in [1.807, 2.05) is 24.3 Å². The number of hydrogen-bond acceptors (Lipinski definition) is 3. The first-order chi connectivity index (χ1) is 9.73. The molecule has 0 unspecified atom stereocenters. The molecule has 1 aliphatic heterocycles. The summed E-state index contributed by atoms with van der Waals surface area (Å²) in [4.78, 5) is 0.679. The standard InChI is InChI=1S/C15H11N3S2/c19-13-15(18-17-14(20)16-13)11-7-3-1-5-9(11)10-6-2-4-8-12(10)15/h1-8,18H,(H2,16,17,19,20). The number of benzene rings is 2. The minimum Gasteiger partial charge on any atom is -0.324 e. The molecule has 1 saturated heterocycles. The van der Waals surface area contributed by atoms with Crippen molar-refractivity contribution in [2.75, 3.05) is 0 Å². The van der Waals surface area contributed by atoms with E-state index in [9.17, 15) is 0 Å². The Balaban J connectivity index is 2.05. The van der Waals surface area contributed by atoms with Crippen LogP contribution in [0.5, 0.6) is 0 Å². The summed E-state index contributed by atoms with van der Waals surface area (Å²) in [6, 6.07) is 16.6. The van der Waals surface area contributed by atoms with E-state index >= 15 is 0 Å². The number of hydrogen-bond donors (Lipinski definition) is 3. The minimum atomic E-state index is -0.551. The topological polar surface area (TPSA) is 36.1 Å². The van der Waals surface area contributed by atoms with E-state index in [0.717, 1.165) is 11.1 Å². The Morgan fingerprint density at radius 3 is 1.90 bits per heavy atom. The first kappa shape index (κ1) is 12.0. The Morgan fingerprint density at radius 2 is 1.35 bits per heavy atom. The second kappa shape index (κ2) is 4.09. The van der Waals surface area contributed by atoms with Crippen LogP contribution < -0.4 is 16.2 Å². The number of hydrazine groups is 1. The Morgan fingerprint density at radius 1 is 0.800 bits per heavy atom. The molecule has 0 bridgehead atoms. The lowest BCUT2D eigenvalue weighted by molar-refractivity contribution is 0.481. The lowest BCUT2D eigenvalue weighted by Crippen LogP contribution is -2.67. The van der Waals surface area contributed by atoms with Crippen molar-refractivity contribution in [3.63, 3.8) is 0 Å². The maximum Gasteiger partial charge on any atom is 0.185 e. The fraction of sp³-hybridized carbons (Fsp3) is 0.0667. The first-order valence-corrected chi connectivity index (χ1v) is 7.13. The summed E-state index contributed by atoms with van der Waals surface area (Å²) in [6.45, 7) is 0. The van der Waals surface area contributed by atoms with Gasteiger partial charge in [0.2, 0.25) is 0 Å². The first-order valence-electron chi connectivity index (χ1n) is 6.31. The summed E-state index contributed by atoms with van der Waals surface area (Å²) in [5, 5.41) is 3.59. The average molecular weight is 297 g/mol. The Labute approximate surface area is 127 Å². The van der Waals surface area contributed by atoms with Gasteiger partial charge in [-0.3, -0.25) is 5.43 Å². The average Bonchev–Trinajstić information content (AvgIpc) is 2.76. The van der Waals surface area contributed by atoms with Gasteiger partial charge < -0.3 is 5.32 Å². The van der Waals surface area contributed by atoms with Gasteiger partial charge in [0.05, 0.1) is 0 Å². The van der Waals surface area contributed by atoms with Gasteiger partial charge in [0.15, 0.2) is 5.11 Å². The molecule has 3 N–H and O–H groups in total. The van der Waals surface area contributed by atoms with Crippen LogP contribution in [0.25, 0.3) is 11.1 Å². The lowest BCUT2D eigenvalue weighted by atomic mass is 9.87. The Hall–Kier alpha value is -1.82. The van der Waals surface area contributed by atoms with Gasteiger partial charge in [-0.05, 0) is 34.5 Å². The van der Waals surface area contributed by atoms with Crippen LogP contribution in [-0.4, -0.2) is 10.1 Å². The van der Waals surface area contributed by atoms with E-state index in [2.05, 4.69) is 40.4 Å². The van der Waals surface area contributed by atoms with Gasteiger partial charge in [0.1, 0.15) is 10.5 Å². The van der Waals surface area contributed by atoms with Crippen LogP contribution in [0.3, 0.4) is 0 Å². The third-order valence-electron chi connectivity index (χ3n) is 3.88. The van der Waals surface area contributed by atoms with Crippen LogP contribution in [0, 0.1) is 0 Å². The van der Waals surface area contributed by atoms with E-state index in [1.165, 1.54) is 11.1 Å². The highest BCUT2D eigenvalue weighted by atomic mass is 32.1. The smallest absolute Gasteiger partial charge is 0.185 e. The molecule has 4 rings (SSSR count). The van der Waals surface area contributed by atoms with Crippen LogP contribution >= 0.6 is 24.4 Å². The second-order valence-electron chi connectivity index (χ2n) is 4.87. The zero-order valence-electron chi connectivity index (χ0n) is 10.4. The molecule has 1 spiro atoms. The highest BCUT2D eigenvalue weighted by Crippen LogP contribution is 2.47. The molecule has 20 heavy (non-hydrogen) atoms. The maximum absolute atomic E-state index is 5.61. The molecule has 0 radical (unpaired) electrons. The summed E-state index contributed by atoms with van der Waals surface area (Å²) >= 11 is 10.7. The van der Waals surface area contributed by atoms with Gasteiger partial charge in [-0.25, -0.2) is 5.43 Å². The molecular formula is C15H11N3S2. The number of nitrogens with one attached hydrogen (secondary N) is 3. The molecule has 2 aromatic rings. The largest absolute Gasteiger partial charge is 0.324 e. The third-order valence-corrected chi connectivity index (χ3v) is 4.50. The minimum absolute atomic E-state index is 0.502. The van der Waals surface area contributed by atoms with E-state index in [0.29, 0.717) is 10.1 Å². The summed E-state index contributed by atoms with van der Waals surface area (Å²) < 4.78 is 0. The van der Waals surface area contributed by atoms with Gasteiger partial charge in [-0.1, -0.05) is 60.7 Å². The summed E-state index contributed by atoms with van der Waals surface area (Å²) in [5.41, 5.74) is 10.5. The number of rotatable bonds is 0. The lowest BCUT2D eigenvalue weighted by Gasteiger charge is -2.38. The zero-order chi connectivity index (χ0) is 13.7. The van der Waals surface area contributed by atoms with Gasteiger partial charge in [-0.2, -0.15) is 0 Å². The molecule has 2 aromatic carbocycles. The van der Waals surface area contributed by atoms with Gasteiger partial charge in [-0.15, -0.1) is 0 Å². The zero-order valence-corrected chi connectivity index (χ0v) is 12.1. The molecule has 1 aliphatic carbocycles. The van der Waals surface area contributed by atoms with Crippen molar-refractivity contribution in [1.29, 1.82) is 0 Å². The molecule has 0 amide bonds. The van der Waals surface area contributed by atoms with Crippen molar-refractivity contribution < 1.29 is 0 Å². The SMILES string of the molecule is S=C1NNC2(C(=S)N1)c1ccccc1-c1ccccc12. The van der Waals surface area contributed by atoms with E-state index < -0.39 is 5.54 Å². The fourth-order valence-electron chi connectivity index (χ4n) is 3.05. The predicted octanol–water partition coefficient (Wildman–Crippen LogP) is 2.22. The molecule has 0 saturated carbocycles. The van der Waals surface area contributed by atoms with Crippen molar-refractivity contribution in [1.82, 2.24) is 16.2 Å². The molecule has 1 heterocycles. The van der Waals surface area contributed by atoms with Crippen molar-refractivity contribution in [3.8, 4) is 11.1 Å². The van der Waals surface area contributed by atoms with Crippen LogP contribution in [0.2, 0.25) is 0 Å². The van der Waals surface area contributed by atoms with Crippen molar-refractivity contribution in [2.45, 2.75) is 5.54 Å². The molecule has 0 aromatic heterocycles. The normalized spacial score (nSPS) is 18.2. The molecule has 98 valence electrons. The Kier molecular flexibility index (Phi) is 2.44. The highest BCUT2D eigenvalue weighted by molar-refractivity contribution is 7.82. The fourth-order valence-corrected chi connectivity index (χ4v) is 3.64. The van der Waals surface area contributed by atoms with E-state index in [1.54, 1.807) is 0 Å². The summed E-state index contributed by atoms with van der Waals surface area (Å²) in [5.74, 6) is 0. The van der Waals surface area contributed by atoms with E-state index in [-0.39, 0.29) is 0 Å². The van der Waals surface area contributed by atoms with Crippen LogP contribution in [0.15, 0.2) is 48.5 Å². The quantitative estimate of drug-likeness (QED) is 0.650. The molecule has 3 nitrogen and oxygen atoms in total. The van der Waals surface area contributed by atoms with Gasteiger partial charge in [0, 0.05) is 0 Å². The van der Waals surface area contributed by atoms with Crippen molar-refractivity contribution in [3.05, 3.63) is 59.7 Å². The number of fused-ring (bicyclic) bond motifs is 5. The van der Waals surface area contributed by atoms with Crippen molar-refractivity contribution in [2.24, 2.45) is 0 Å². The third kappa shape index (κ3) is 1.37. The monoisotopic (exact) mass is 297 g/mol. The summed E-state index contributed by atoms with van der Waals surface area (Å²) in [6.07, 6.45) is 0. The molecule has 1 fully saturated rings. The van der Waals surface area contributed by atoms with Gasteiger partial charge >= 0.3 is 0 Å². The van der Waals surface area contributed by atoms with Crippen LogP contribution in [0.1, 0.15) is 11.1 Å².